The third-order valence-electron chi connectivity index (χ3n) is 1.85. The maximum Gasteiger partial charge on any atom is 0.221 e. The fourth-order valence-electron chi connectivity index (χ4n) is 1.02. The average Bonchev–Trinajstić information content (AvgIpc) is 2.26. The first kappa shape index (κ1) is 16.6. The van der Waals surface area contributed by atoms with E-state index in [4.69, 9.17) is 16.3 Å². The van der Waals surface area contributed by atoms with E-state index in [1.165, 1.54) is 7.11 Å². The summed E-state index contributed by atoms with van der Waals surface area (Å²) in [7, 11) is -1.76. The highest BCUT2D eigenvalue weighted by atomic mass is 35.5. The van der Waals surface area contributed by atoms with Crippen LogP contribution in [0.15, 0.2) is 0 Å². The van der Waals surface area contributed by atoms with Gasteiger partial charge < -0.3 is 10.1 Å². The number of amides is 1. The number of hydrogen-bond acceptors (Lipinski definition) is 4. The number of sulfonamides is 1. The van der Waals surface area contributed by atoms with Crippen molar-refractivity contribution in [2.45, 2.75) is 12.8 Å². The van der Waals surface area contributed by atoms with Crippen LogP contribution in [0.2, 0.25) is 0 Å². The zero-order valence-corrected chi connectivity index (χ0v) is 11.4. The van der Waals surface area contributed by atoms with Crippen LogP contribution in [0.1, 0.15) is 12.8 Å². The van der Waals surface area contributed by atoms with Gasteiger partial charge in [0, 0.05) is 32.5 Å². The van der Waals surface area contributed by atoms with Gasteiger partial charge in [-0.15, -0.1) is 11.6 Å². The van der Waals surface area contributed by atoms with Gasteiger partial charge in [-0.05, 0) is 6.42 Å². The molecule has 0 unspecified atom stereocenters. The molecule has 1 amide bonds. The standard InChI is InChI=1S/C9H19ClN2O4S/c1-16-7-6-11-9(13)3-5-12-17(14,15)8-2-4-10/h12H,2-8H2,1H3,(H,11,13). The van der Waals surface area contributed by atoms with Crippen LogP contribution in [0.5, 0.6) is 0 Å². The Morgan fingerprint density at radius 3 is 2.65 bits per heavy atom. The van der Waals surface area contributed by atoms with Gasteiger partial charge in [-0.25, -0.2) is 13.1 Å². The van der Waals surface area contributed by atoms with Crippen molar-refractivity contribution in [1.82, 2.24) is 10.0 Å². The highest BCUT2D eigenvalue weighted by Gasteiger charge is 2.09. The summed E-state index contributed by atoms with van der Waals surface area (Å²) >= 11 is 5.39. The van der Waals surface area contributed by atoms with E-state index in [9.17, 15) is 13.2 Å². The Kier molecular flexibility index (Phi) is 9.43. The summed E-state index contributed by atoms with van der Waals surface area (Å²) in [6.45, 7) is 0.963. The maximum atomic E-state index is 11.3. The molecule has 0 bridgehead atoms. The second-order valence-corrected chi connectivity index (χ2v) is 5.65. The van der Waals surface area contributed by atoms with E-state index < -0.39 is 10.0 Å². The lowest BCUT2D eigenvalue weighted by Gasteiger charge is -2.06. The van der Waals surface area contributed by atoms with Gasteiger partial charge in [-0.1, -0.05) is 0 Å². The molecule has 102 valence electrons. The van der Waals surface area contributed by atoms with Gasteiger partial charge in [-0.3, -0.25) is 4.79 Å². The average molecular weight is 287 g/mol. The molecule has 17 heavy (non-hydrogen) atoms. The van der Waals surface area contributed by atoms with Gasteiger partial charge in [-0.2, -0.15) is 0 Å². The van der Waals surface area contributed by atoms with E-state index >= 15 is 0 Å². The molecule has 0 spiro atoms. The Morgan fingerprint density at radius 1 is 1.35 bits per heavy atom. The van der Waals surface area contributed by atoms with Gasteiger partial charge in [0.25, 0.3) is 0 Å². The van der Waals surface area contributed by atoms with Crippen LogP contribution in [0.3, 0.4) is 0 Å². The third-order valence-corrected chi connectivity index (χ3v) is 3.59. The predicted molar refractivity (Wildman–Crippen MR) is 66.6 cm³/mol. The minimum Gasteiger partial charge on any atom is -0.383 e. The second-order valence-electron chi connectivity index (χ2n) is 3.35. The Labute approximate surface area is 107 Å². The first-order valence-electron chi connectivity index (χ1n) is 5.31. The number of methoxy groups -OCH3 is 1. The van der Waals surface area contributed by atoms with Crippen LogP contribution < -0.4 is 10.0 Å². The van der Waals surface area contributed by atoms with Crippen molar-refractivity contribution in [3.05, 3.63) is 0 Å². The third kappa shape index (κ3) is 10.5. The molecule has 0 atom stereocenters. The highest BCUT2D eigenvalue weighted by Crippen LogP contribution is 1.92. The Hall–Kier alpha value is -0.370. The van der Waals surface area contributed by atoms with Crippen molar-refractivity contribution in [3.63, 3.8) is 0 Å². The lowest BCUT2D eigenvalue weighted by Crippen LogP contribution is -2.33. The van der Waals surface area contributed by atoms with E-state index in [2.05, 4.69) is 10.0 Å². The van der Waals surface area contributed by atoms with E-state index in [0.29, 0.717) is 25.5 Å². The number of halogens is 1. The quantitative estimate of drug-likeness (QED) is 0.426. The summed E-state index contributed by atoms with van der Waals surface area (Å²) in [6, 6.07) is 0. The van der Waals surface area contributed by atoms with Crippen molar-refractivity contribution in [2.75, 3.05) is 38.4 Å². The summed E-state index contributed by atoms with van der Waals surface area (Å²) in [5.74, 6) is 0.0855. The number of alkyl halides is 1. The summed E-state index contributed by atoms with van der Waals surface area (Å²) in [5, 5.41) is 2.59. The second kappa shape index (κ2) is 9.64. The van der Waals surface area contributed by atoms with Crippen LogP contribution in [-0.2, 0) is 19.6 Å². The number of nitrogens with one attached hydrogen (secondary N) is 2. The van der Waals surface area contributed by atoms with E-state index in [-0.39, 0.29) is 24.6 Å². The molecular formula is C9H19ClN2O4S. The lowest BCUT2D eigenvalue weighted by molar-refractivity contribution is -0.121. The molecule has 0 heterocycles. The van der Waals surface area contributed by atoms with Crippen molar-refractivity contribution >= 4 is 27.5 Å². The van der Waals surface area contributed by atoms with E-state index in [1.807, 2.05) is 0 Å². The molecule has 8 heteroatoms. The molecule has 0 aliphatic heterocycles. The van der Waals surface area contributed by atoms with Crippen molar-refractivity contribution in [1.29, 1.82) is 0 Å². The molecule has 0 saturated carbocycles. The largest absolute Gasteiger partial charge is 0.383 e. The van der Waals surface area contributed by atoms with Gasteiger partial charge in [0.2, 0.25) is 15.9 Å². The number of carbonyl (C=O) groups is 1. The summed E-state index contributed by atoms with van der Waals surface area (Å²) < 4.78 is 29.7. The monoisotopic (exact) mass is 286 g/mol. The van der Waals surface area contributed by atoms with Gasteiger partial charge in [0.1, 0.15) is 0 Å². The molecule has 0 aliphatic carbocycles. The molecule has 0 radical (unpaired) electrons. The first-order chi connectivity index (χ1) is 8.02. The molecule has 0 aromatic rings. The SMILES string of the molecule is COCCNC(=O)CCNS(=O)(=O)CCCCl. The fraction of sp³-hybridized carbons (Fsp3) is 0.889. The van der Waals surface area contributed by atoms with E-state index in [0.717, 1.165) is 0 Å². The molecule has 0 aromatic heterocycles. The molecule has 6 nitrogen and oxygen atoms in total. The molecule has 0 aliphatic rings. The number of hydrogen-bond donors (Lipinski definition) is 2. The smallest absolute Gasteiger partial charge is 0.221 e. The summed E-state index contributed by atoms with van der Waals surface area (Å²) in [4.78, 5) is 11.2. The minimum absolute atomic E-state index is 0.0121. The molecule has 2 N–H and O–H groups in total. The van der Waals surface area contributed by atoms with E-state index in [1.54, 1.807) is 0 Å². The Morgan fingerprint density at radius 2 is 2.06 bits per heavy atom. The minimum atomic E-state index is -3.30. The van der Waals surface area contributed by atoms with Gasteiger partial charge >= 0.3 is 0 Å². The predicted octanol–water partition coefficient (Wildman–Crippen LogP) is -0.313. The zero-order valence-electron chi connectivity index (χ0n) is 9.87. The van der Waals surface area contributed by atoms with Gasteiger partial charge in [0.05, 0.1) is 12.4 Å². The normalized spacial score (nSPS) is 11.4. The Balaban J connectivity index is 3.64. The fourth-order valence-corrected chi connectivity index (χ4v) is 2.39. The highest BCUT2D eigenvalue weighted by molar-refractivity contribution is 7.89. The van der Waals surface area contributed by atoms with Crippen molar-refractivity contribution < 1.29 is 17.9 Å². The van der Waals surface area contributed by atoms with Crippen LogP contribution in [0.25, 0.3) is 0 Å². The summed E-state index contributed by atoms with van der Waals surface area (Å²) in [5.41, 5.74) is 0. The number of ether oxygens (including phenoxy) is 1. The molecule has 0 saturated heterocycles. The zero-order chi connectivity index (χ0) is 13.1. The lowest BCUT2D eigenvalue weighted by atomic mass is 10.4. The molecule has 0 fully saturated rings. The van der Waals surface area contributed by atoms with Crippen LogP contribution in [0, 0.1) is 0 Å². The van der Waals surface area contributed by atoms with Gasteiger partial charge in [0.15, 0.2) is 0 Å². The number of rotatable bonds is 10. The first-order valence-corrected chi connectivity index (χ1v) is 7.49. The Bertz CT molecular complexity index is 308. The van der Waals surface area contributed by atoms with Crippen LogP contribution in [0.4, 0.5) is 0 Å². The van der Waals surface area contributed by atoms with Crippen molar-refractivity contribution in [3.8, 4) is 0 Å². The summed E-state index contributed by atoms with van der Waals surface area (Å²) in [6.07, 6.45) is 0.515. The molecule has 0 aromatic carbocycles. The molecule has 0 rings (SSSR count). The van der Waals surface area contributed by atoms with Crippen molar-refractivity contribution in [2.24, 2.45) is 0 Å². The number of carbonyl (C=O) groups excluding carboxylic acids is 1. The van der Waals surface area contributed by atoms with Crippen LogP contribution in [-0.4, -0.2) is 52.8 Å². The van der Waals surface area contributed by atoms with Crippen LogP contribution >= 0.6 is 11.6 Å². The molecular weight excluding hydrogens is 268 g/mol. The maximum absolute atomic E-state index is 11.3. The topological polar surface area (TPSA) is 84.5 Å².